The Bertz CT molecular complexity index is 759. The zero-order valence-electron chi connectivity index (χ0n) is 15.1. The number of piperidine rings is 1. The monoisotopic (exact) mass is 372 g/mol. The minimum Gasteiger partial charge on any atom is -0.497 e. The van der Waals surface area contributed by atoms with Gasteiger partial charge in [0.25, 0.3) is 0 Å². The topological polar surface area (TPSA) is 80.5 Å². The number of carbonyl (C=O) groups excluding carboxylic acids is 1. The smallest absolute Gasteiger partial charge is 0.196 e. The molecule has 6 nitrogen and oxygen atoms in total. The summed E-state index contributed by atoms with van der Waals surface area (Å²) in [5, 5.41) is 3.43. The molecule has 1 fully saturated rings. The van der Waals surface area contributed by atoms with Gasteiger partial charge in [0, 0.05) is 24.7 Å². The summed E-state index contributed by atoms with van der Waals surface area (Å²) in [5.41, 5.74) is 7.03. The van der Waals surface area contributed by atoms with Crippen LogP contribution in [0, 0.1) is 0 Å². The van der Waals surface area contributed by atoms with Crippen molar-refractivity contribution in [3.63, 3.8) is 0 Å². The second-order valence-electron chi connectivity index (χ2n) is 6.22. The van der Waals surface area contributed by atoms with E-state index in [4.69, 9.17) is 10.5 Å². The molecule has 26 heavy (non-hydrogen) atoms. The van der Waals surface area contributed by atoms with Crippen LogP contribution in [0.4, 0.5) is 11.6 Å². The number of benzene rings is 1. The number of ketones is 1. The van der Waals surface area contributed by atoms with Crippen LogP contribution < -0.4 is 15.8 Å². The maximum atomic E-state index is 12.6. The van der Waals surface area contributed by atoms with Crippen LogP contribution in [0.3, 0.4) is 0 Å². The molecule has 0 bridgehead atoms. The van der Waals surface area contributed by atoms with E-state index in [1.54, 1.807) is 49.4 Å². The zero-order valence-corrected chi connectivity index (χ0v) is 15.9. The van der Waals surface area contributed by atoms with Crippen molar-refractivity contribution >= 4 is 29.4 Å². The molecule has 1 aliphatic rings. The predicted octanol–water partition coefficient (Wildman–Crippen LogP) is 3.06. The highest BCUT2D eigenvalue weighted by molar-refractivity contribution is 7.96. The van der Waals surface area contributed by atoms with Gasteiger partial charge < -0.3 is 15.8 Å². The molecule has 138 valence electrons. The molecule has 1 aromatic carbocycles. The van der Waals surface area contributed by atoms with Gasteiger partial charge >= 0.3 is 0 Å². The van der Waals surface area contributed by atoms with Crippen molar-refractivity contribution in [1.82, 2.24) is 9.29 Å². The fourth-order valence-corrected chi connectivity index (χ4v) is 3.61. The van der Waals surface area contributed by atoms with Crippen molar-refractivity contribution < 1.29 is 9.53 Å². The van der Waals surface area contributed by atoms with E-state index >= 15 is 0 Å². The predicted molar refractivity (Wildman–Crippen MR) is 107 cm³/mol. The van der Waals surface area contributed by atoms with Gasteiger partial charge in [-0.2, -0.15) is 0 Å². The van der Waals surface area contributed by atoms with Gasteiger partial charge in [-0.1, -0.05) is 11.9 Å². The zero-order chi connectivity index (χ0) is 18.5. The van der Waals surface area contributed by atoms with Gasteiger partial charge in [-0.15, -0.1) is 0 Å². The molecular weight excluding hydrogens is 348 g/mol. The number of pyridine rings is 1. The Morgan fingerprint density at radius 3 is 2.50 bits per heavy atom. The van der Waals surface area contributed by atoms with Crippen LogP contribution in [-0.2, 0) is 0 Å². The molecule has 0 unspecified atom stereocenters. The van der Waals surface area contributed by atoms with Crippen LogP contribution in [0.5, 0.6) is 5.75 Å². The van der Waals surface area contributed by atoms with E-state index in [1.165, 1.54) is 0 Å². The SMILES string of the molecule is COc1ccc(C(=O)c2ccc(NC3CCN(SC)CC3)nc2N)cc1. The first-order valence-electron chi connectivity index (χ1n) is 8.61. The molecule has 0 spiro atoms. The normalized spacial score (nSPS) is 15.6. The van der Waals surface area contributed by atoms with Crippen molar-refractivity contribution in [1.29, 1.82) is 0 Å². The van der Waals surface area contributed by atoms with E-state index in [0.29, 0.717) is 22.9 Å². The maximum Gasteiger partial charge on any atom is 0.196 e. The van der Waals surface area contributed by atoms with Crippen molar-refractivity contribution in [2.75, 3.05) is 37.5 Å². The quantitative estimate of drug-likeness (QED) is 0.596. The first-order valence-corrected chi connectivity index (χ1v) is 9.79. The molecule has 1 aliphatic heterocycles. The average Bonchev–Trinajstić information content (AvgIpc) is 2.68. The molecule has 1 saturated heterocycles. The summed E-state index contributed by atoms with van der Waals surface area (Å²) >= 11 is 1.79. The Morgan fingerprint density at radius 1 is 1.23 bits per heavy atom. The highest BCUT2D eigenvalue weighted by atomic mass is 32.2. The average molecular weight is 372 g/mol. The number of nitrogens with two attached hydrogens (primary N) is 1. The minimum absolute atomic E-state index is 0.141. The molecule has 0 atom stereocenters. The number of nitrogen functional groups attached to an aromatic ring is 1. The van der Waals surface area contributed by atoms with Gasteiger partial charge in [0.05, 0.1) is 12.7 Å². The van der Waals surface area contributed by atoms with Gasteiger partial charge in [-0.05, 0) is 55.5 Å². The molecule has 0 saturated carbocycles. The van der Waals surface area contributed by atoms with E-state index in [0.717, 1.165) is 31.7 Å². The van der Waals surface area contributed by atoms with E-state index in [2.05, 4.69) is 20.9 Å². The van der Waals surface area contributed by atoms with Gasteiger partial charge in [0.1, 0.15) is 17.4 Å². The van der Waals surface area contributed by atoms with E-state index < -0.39 is 0 Å². The number of ether oxygens (including phenoxy) is 1. The molecule has 7 heteroatoms. The van der Waals surface area contributed by atoms with Gasteiger partial charge in [0.2, 0.25) is 0 Å². The largest absolute Gasteiger partial charge is 0.497 e. The molecule has 2 heterocycles. The molecule has 0 amide bonds. The van der Waals surface area contributed by atoms with Crippen LogP contribution in [0.15, 0.2) is 36.4 Å². The summed E-state index contributed by atoms with van der Waals surface area (Å²) in [7, 11) is 1.59. The van der Waals surface area contributed by atoms with E-state index in [9.17, 15) is 4.79 Å². The Labute approximate surface area is 158 Å². The van der Waals surface area contributed by atoms with Crippen LogP contribution >= 0.6 is 11.9 Å². The van der Waals surface area contributed by atoms with E-state index in [1.807, 2.05) is 6.07 Å². The molecule has 3 N–H and O–H groups in total. The Balaban J connectivity index is 1.68. The Kier molecular flexibility index (Phi) is 6.00. The standard InChI is InChI=1S/C19H24N4O2S/c1-25-15-5-3-13(4-6-15)18(24)16-7-8-17(22-19(16)20)21-14-9-11-23(26-2)12-10-14/h3-8,14H,9-12H2,1-2H3,(H3,20,21,22). The number of aromatic nitrogens is 1. The highest BCUT2D eigenvalue weighted by Crippen LogP contribution is 2.22. The number of carbonyl (C=O) groups is 1. The first-order chi connectivity index (χ1) is 12.6. The van der Waals surface area contributed by atoms with Gasteiger partial charge in [0.15, 0.2) is 5.78 Å². The lowest BCUT2D eigenvalue weighted by Gasteiger charge is -2.30. The van der Waals surface area contributed by atoms with Gasteiger partial charge in [-0.25, -0.2) is 4.98 Å². The van der Waals surface area contributed by atoms with Crippen LogP contribution in [-0.4, -0.2) is 47.6 Å². The van der Waals surface area contributed by atoms with Crippen LogP contribution in [0.2, 0.25) is 0 Å². The molecule has 0 aliphatic carbocycles. The Hall–Kier alpha value is -2.25. The maximum absolute atomic E-state index is 12.6. The first kappa shape index (κ1) is 18.5. The molecular formula is C19H24N4O2S. The number of nitrogens with zero attached hydrogens (tertiary/aromatic N) is 2. The lowest BCUT2D eigenvalue weighted by atomic mass is 10.0. The number of hydrogen-bond acceptors (Lipinski definition) is 7. The summed E-state index contributed by atoms with van der Waals surface area (Å²) < 4.78 is 7.48. The number of rotatable bonds is 6. The van der Waals surface area contributed by atoms with Crippen LogP contribution in [0.1, 0.15) is 28.8 Å². The summed E-state index contributed by atoms with van der Waals surface area (Å²) in [5.74, 6) is 1.53. The Morgan fingerprint density at radius 2 is 1.92 bits per heavy atom. The van der Waals surface area contributed by atoms with E-state index in [-0.39, 0.29) is 11.6 Å². The third kappa shape index (κ3) is 4.28. The fourth-order valence-electron chi connectivity index (χ4n) is 3.04. The molecule has 1 aromatic heterocycles. The van der Waals surface area contributed by atoms with Crippen molar-refractivity contribution in [3.05, 3.63) is 47.5 Å². The molecule has 0 radical (unpaired) electrons. The second-order valence-corrected chi connectivity index (χ2v) is 7.10. The van der Waals surface area contributed by atoms with Gasteiger partial charge in [-0.3, -0.25) is 9.10 Å². The lowest BCUT2D eigenvalue weighted by molar-refractivity contribution is 0.103. The molecule has 2 aromatic rings. The summed E-state index contributed by atoms with van der Waals surface area (Å²) in [6.45, 7) is 2.12. The van der Waals surface area contributed by atoms with Crippen LogP contribution in [0.25, 0.3) is 0 Å². The number of nitrogens with one attached hydrogen (secondary N) is 1. The third-order valence-corrected chi connectivity index (χ3v) is 5.47. The molecule has 3 rings (SSSR count). The van der Waals surface area contributed by atoms with Crippen molar-refractivity contribution in [2.24, 2.45) is 0 Å². The number of hydrogen-bond donors (Lipinski definition) is 2. The lowest BCUT2D eigenvalue weighted by Crippen LogP contribution is -2.35. The van der Waals surface area contributed by atoms with Crippen molar-refractivity contribution in [3.8, 4) is 5.75 Å². The highest BCUT2D eigenvalue weighted by Gasteiger charge is 2.20. The minimum atomic E-state index is -0.141. The summed E-state index contributed by atoms with van der Waals surface area (Å²) in [6.07, 6.45) is 4.23. The third-order valence-electron chi connectivity index (χ3n) is 4.59. The number of anilines is 2. The second kappa shape index (κ2) is 8.42. The fraction of sp³-hybridized carbons (Fsp3) is 0.368. The summed E-state index contributed by atoms with van der Waals surface area (Å²) in [6, 6.07) is 10.9. The summed E-state index contributed by atoms with van der Waals surface area (Å²) in [4.78, 5) is 17.0. The van der Waals surface area contributed by atoms with Crippen molar-refractivity contribution in [2.45, 2.75) is 18.9 Å². The number of methoxy groups -OCH3 is 1.